The lowest BCUT2D eigenvalue weighted by molar-refractivity contribution is -0.124. The average Bonchev–Trinajstić information content (AvgIpc) is 3.43. The van der Waals surface area contributed by atoms with Crippen molar-refractivity contribution in [1.82, 2.24) is 15.5 Å². The maximum Gasteiger partial charge on any atom is 0.257 e. The van der Waals surface area contributed by atoms with Crippen LogP contribution in [0.25, 0.3) is 11.3 Å². The maximum absolute atomic E-state index is 13.2. The Morgan fingerprint density at radius 1 is 1.18 bits per heavy atom. The minimum absolute atomic E-state index is 0.0107. The third-order valence-electron chi connectivity index (χ3n) is 5.25. The number of carbonyl (C=O) groups is 2. The molecule has 2 aromatic carbocycles. The zero-order valence-electron chi connectivity index (χ0n) is 15.0. The molecule has 0 spiro atoms. The topological polar surface area (TPSA) is 78.1 Å². The first kappa shape index (κ1) is 17.1. The van der Waals surface area contributed by atoms with Crippen LogP contribution >= 0.6 is 11.8 Å². The minimum atomic E-state index is -0.864. The summed E-state index contributed by atoms with van der Waals surface area (Å²) in [4.78, 5) is 27.4. The van der Waals surface area contributed by atoms with Gasteiger partial charge in [-0.2, -0.15) is 5.10 Å². The molecule has 3 heterocycles. The van der Waals surface area contributed by atoms with Crippen molar-refractivity contribution in [2.45, 2.75) is 29.2 Å². The van der Waals surface area contributed by atoms with Crippen molar-refractivity contribution in [1.29, 1.82) is 0 Å². The molecule has 1 aromatic heterocycles. The first-order valence-corrected chi connectivity index (χ1v) is 9.97. The van der Waals surface area contributed by atoms with E-state index < -0.39 is 4.87 Å². The molecule has 0 saturated carbocycles. The van der Waals surface area contributed by atoms with Gasteiger partial charge < -0.3 is 5.32 Å². The predicted molar refractivity (Wildman–Crippen MR) is 108 cm³/mol. The van der Waals surface area contributed by atoms with Crippen molar-refractivity contribution >= 4 is 29.3 Å². The maximum atomic E-state index is 13.2. The number of aromatic nitrogens is 2. The monoisotopic (exact) mass is 390 g/mol. The molecular formula is C21H18N4O2S. The Bertz CT molecular complexity index is 1050. The van der Waals surface area contributed by atoms with Crippen LogP contribution in [0.3, 0.4) is 0 Å². The number of nitrogens with zero attached hydrogens (tertiary/aromatic N) is 2. The number of carbonyl (C=O) groups excluding carboxylic acids is 2. The number of thioether (sulfide) groups is 1. The number of aromatic amines is 1. The summed E-state index contributed by atoms with van der Waals surface area (Å²) in [6.45, 7) is 0.419. The van der Waals surface area contributed by atoms with Gasteiger partial charge in [-0.25, -0.2) is 0 Å². The van der Waals surface area contributed by atoms with Crippen molar-refractivity contribution in [2.75, 3.05) is 4.90 Å². The van der Waals surface area contributed by atoms with E-state index in [9.17, 15) is 9.59 Å². The molecule has 0 aliphatic carbocycles. The zero-order chi connectivity index (χ0) is 19.1. The van der Waals surface area contributed by atoms with Gasteiger partial charge in [0.2, 0.25) is 5.91 Å². The van der Waals surface area contributed by atoms with E-state index in [2.05, 4.69) is 15.5 Å². The predicted octanol–water partition coefficient (Wildman–Crippen LogP) is 3.32. The number of para-hydroxylation sites is 1. The lowest BCUT2D eigenvalue weighted by atomic mass is 10.1. The summed E-state index contributed by atoms with van der Waals surface area (Å²) < 4.78 is 0. The van der Waals surface area contributed by atoms with E-state index in [1.807, 2.05) is 54.6 Å². The van der Waals surface area contributed by atoms with Gasteiger partial charge >= 0.3 is 0 Å². The minimum Gasteiger partial charge on any atom is -0.349 e. The molecule has 1 fully saturated rings. The highest BCUT2D eigenvalue weighted by Crippen LogP contribution is 2.55. The van der Waals surface area contributed by atoms with Gasteiger partial charge in [0.05, 0.1) is 11.4 Å². The fraction of sp³-hybridized carbons (Fsp3) is 0.190. The molecule has 140 valence electrons. The molecule has 2 N–H and O–H groups in total. The Balaban J connectivity index is 1.33. The fourth-order valence-electron chi connectivity index (χ4n) is 3.84. The SMILES string of the molecule is O=C1CCC2(C(=O)NCc3ccc(-c4ccn[nH]4)cc3)Sc3ccccc3N12. The molecule has 1 saturated heterocycles. The smallest absolute Gasteiger partial charge is 0.257 e. The molecule has 7 heteroatoms. The van der Waals surface area contributed by atoms with Crippen LogP contribution in [-0.4, -0.2) is 26.9 Å². The highest BCUT2D eigenvalue weighted by molar-refractivity contribution is 8.02. The van der Waals surface area contributed by atoms with Gasteiger partial charge in [-0.3, -0.25) is 19.6 Å². The lowest BCUT2D eigenvalue weighted by Gasteiger charge is -2.29. The Hall–Kier alpha value is -3.06. The quantitative estimate of drug-likeness (QED) is 0.716. The van der Waals surface area contributed by atoms with Crippen LogP contribution in [0.15, 0.2) is 65.7 Å². The Labute approximate surface area is 166 Å². The third kappa shape index (κ3) is 2.62. The van der Waals surface area contributed by atoms with Gasteiger partial charge in [0.25, 0.3) is 5.91 Å². The Morgan fingerprint density at radius 2 is 2.00 bits per heavy atom. The number of nitrogens with one attached hydrogen (secondary N) is 2. The van der Waals surface area contributed by atoms with Crippen LogP contribution in [0.2, 0.25) is 0 Å². The van der Waals surface area contributed by atoms with E-state index >= 15 is 0 Å². The molecule has 1 unspecified atom stereocenters. The third-order valence-corrected chi connectivity index (χ3v) is 6.72. The lowest BCUT2D eigenvalue weighted by Crippen LogP contribution is -2.52. The summed E-state index contributed by atoms with van der Waals surface area (Å²) in [5.74, 6) is -0.103. The standard InChI is InChI=1S/C21H18N4O2S/c26-19-9-11-21(25(19)17-3-1-2-4-18(17)28-21)20(27)22-13-14-5-7-15(8-6-14)16-10-12-23-24-16/h1-8,10,12H,9,11,13H2,(H,22,27)(H,23,24). The second-order valence-corrected chi connectivity index (χ2v) is 8.25. The molecule has 6 nitrogen and oxygen atoms in total. The number of rotatable bonds is 4. The average molecular weight is 390 g/mol. The van der Waals surface area contributed by atoms with Crippen molar-refractivity contribution in [3.63, 3.8) is 0 Å². The van der Waals surface area contributed by atoms with Crippen LogP contribution in [0, 0.1) is 0 Å². The fourth-order valence-corrected chi connectivity index (χ4v) is 5.27. The van der Waals surface area contributed by atoms with E-state index in [0.717, 1.165) is 27.4 Å². The van der Waals surface area contributed by atoms with Gasteiger partial charge in [-0.1, -0.05) is 48.2 Å². The molecule has 0 bridgehead atoms. The van der Waals surface area contributed by atoms with Gasteiger partial charge in [-0.05, 0) is 35.7 Å². The number of fused-ring (bicyclic) bond motifs is 3. The summed E-state index contributed by atoms with van der Waals surface area (Å²) in [7, 11) is 0. The first-order chi connectivity index (χ1) is 13.7. The molecule has 2 amide bonds. The van der Waals surface area contributed by atoms with Crippen molar-refractivity contribution < 1.29 is 9.59 Å². The molecule has 28 heavy (non-hydrogen) atoms. The normalized spacial score (nSPS) is 20.1. The highest BCUT2D eigenvalue weighted by atomic mass is 32.2. The van der Waals surface area contributed by atoms with E-state index in [1.165, 1.54) is 11.8 Å². The van der Waals surface area contributed by atoms with Gasteiger partial charge in [0, 0.05) is 24.1 Å². The second-order valence-electron chi connectivity index (χ2n) is 6.93. The van der Waals surface area contributed by atoms with E-state index in [1.54, 1.807) is 11.1 Å². The number of amides is 2. The number of anilines is 1. The molecule has 2 aliphatic rings. The zero-order valence-corrected chi connectivity index (χ0v) is 15.8. The van der Waals surface area contributed by atoms with Crippen LogP contribution < -0.4 is 10.2 Å². The molecule has 1 atom stereocenters. The van der Waals surface area contributed by atoms with Crippen molar-refractivity contribution in [3.05, 3.63) is 66.4 Å². The summed E-state index contributed by atoms with van der Waals surface area (Å²) in [5, 5.41) is 9.94. The summed E-state index contributed by atoms with van der Waals surface area (Å²) >= 11 is 1.48. The van der Waals surface area contributed by atoms with E-state index in [0.29, 0.717) is 19.4 Å². The molecular weight excluding hydrogens is 372 g/mol. The first-order valence-electron chi connectivity index (χ1n) is 9.15. The van der Waals surface area contributed by atoms with E-state index in [-0.39, 0.29) is 11.8 Å². The van der Waals surface area contributed by atoms with Crippen molar-refractivity contribution in [2.24, 2.45) is 0 Å². The largest absolute Gasteiger partial charge is 0.349 e. The van der Waals surface area contributed by atoms with Crippen LogP contribution in [0.4, 0.5) is 5.69 Å². The molecule has 2 aliphatic heterocycles. The van der Waals surface area contributed by atoms with E-state index in [4.69, 9.17) is 0 Å². The van der Waals surface area contributed by atoms with Crippen LogP contribution in [0.1, 0.15) is 18.4 Å². The highest BCUT2D eigenvalue weighted by Gasteiger charge is 2.57. The molecule has 3 aromatic rings. The second kappa shape index (κ2) is 6.53. The number of benzene rings is 2. The van der Waals surface area contributed by atoms with Crippen molar-refractivity contribution in [3.8, 4) is 11.3 Å². The number of hydrogen-bond donors (Lipinski definition) is 2. The molecule has 0 radical (unpaired) electrons. The van der Waals surface area contributed by atoms with Gasteiger partial charge in [-0.15, -0.1) is 0 Å². The summed E-state index contributed by atoms with van der Waals surface area (Å²) in [5.41, 5.74) is 3.84. The van der Waals surface area contributed by atoms with Crippen LogP contribution in [0.5, 0.6) is 0 Å². The van der Waals surface area contributed by atoms with Crippen LogP contribution in [-0.2, 0) is 16.1 Å². The molecule has 5 rings (SSSR count). The Kier molecular flexibility index (Phi) is 3.98. The van der Waals surface area contributed by atoms with Gasteiger partial charge in [0.15, 0.2) is 4.87 Å². The number of hydrogen-bond acceptors (Lipinski definition) is 4. The van der Waals surface area contributed by atoms with Gasteiger partial charge in [0.1, 0.15) is 0 Å². The number of H-pyrrole nitrogens is 1. The Morgan fingerprint density at radius 3 is 2.79 bits per heavy atom. The summed E-state index contributed by atoms with van der Waals surface area (Å²) in [6.07, 6.45) is 2.64. The summed E-state index contributed by atoms with van der Waals surface area (Å²) in [6, 6.07) is 17.6.